The molecule has 134 valence electrons. The number of benzene rings is 2. The highest BCUT2D eigenvalue weighted by Gasteiger charge is 2.07. The summed E-state index contributed by atoms with van der Waals surface area (Å²) < 4.78 is 7.39. The van der Waals surface area contributed by atoms with Gasteiger partial charge in [-0.15, -0.1) is 0 Å². The smallest absolute Gasteiger partial charge is 0.276 e. The number of aryl methyl sites for hydroxylation is 2. The van der Waals surface area contributed by atoms with Crippen molar-refractivity contribution in [3.63, 3.8) is 0 Å². The number of aromatic nitrogens is 1. The number of carbonyl (C=O) groups excluding carboxylic acids is 2. The summed E-state index contributed by atoms with van der Waals surface area (Å²) in [6, 6.07) is 17.4. The molecular formula is C20H21N3O3. The Labute approximate surface area is 151 Å². The summed E-state index contributed by atoms with van der Waals surface area (Å²) >= 11 is 0. The van der Waals surface area contributed by atoms with E-state index < -0.39 is 5.91 Å². The van der Waals surface area contributed by atoms with Crippen LogP contribution in [0.2, 0.25) is 0 Å². The molecular weight excluding hydrogens is 330 g/mol. The van der Waals surface area contributed by atoms with E-state index in [2.05, 4.69) is 10.9 Å². The average molecular weight is 351 g/mol. The molecule has 2 amide bonds. The third-order valence-electron chi connectivity index (χ3n) is 3.96. The quantitative estimate of drug-likeness (QED) is 0.671. The fourth-order valence-electron chi connectivity index (χ4n) is 2.65. The summed E-state index contributed by atoms with van der Waals surface area (Å²) in [6.45, 7) is 2.32. The zero-order chi connectivity index (χ0) is 18.4. The predicted molar refractivity (Wildman–Crippen MR) is 99.5 cm³/mol. The summed E-state index contributed by atoms with van der Waals surface area (Å²) in [5.41, 5.74) is 6.90. The van der Waals surface area contributed by atoms with Gasteiger partial charge in [-0.2, -0.15) is 0 Å². The summed E-state index contributed by atoms with van der Waals surface area (Å²) in [6.07, 6.45) is 2.21. The first-order chi connectivity index (χ1) is 12.6. The first-order valence-corrected chi connectivity index (χ1v) is 8.43. The molecule has 26 heavy (non-hydrogen) atoms. The van der Waals surface area contributed by atoms with Gasteiger partial charge in [0.25, 0.3) is 5.91 Å². The number of ether oxygens (including phenoxy) is 1. The number of hydrogen-bond acceptors (Lipinski definition) is 3. The second-order valence-corrected chi connectivity index (χ2v) is 6.02. The molecule has 0 fully saturated rings. The molecule has 0 saturated heterocycles. The van der Waals surface area contributed by atoms with E-state index in [9.17, 15) is 9.59 Å². The van der Waals surface area contributed by atoms with E-state index >= 15 is 0 Å². The average Bonchev–Trinajstić information content (AvgIpc) is 3.06. The van der Waals surface area contributed by atoms with Crippen molar-refractivity contribution in [2.24, 2.45) is 0 Å². The minimum Gasteiger partial charge on any atom is -0.484 e. The molecule has 3 aromatic rings. The molecule has 0 unspecified atom stereocenters. The number of nitrogens with one attached hydrogen (secondary N) is 2. The van der Waals surface area contributed by atoms with Gasteiger partial charge < -0.3 is 9.30 Å². The predicted octanol–water partition coefficient (Wildman–Crippen LogP) is 2.57. The van der Waals surface area contributed by atoms with Gasteiger partial charge >= 0.3 is 0 Å². The monoisotopic (exact) mass is 351 g/mol. The Morgan fingerprint density at radius 3 is 2.65 bits per heavy atom. The normalized spacial score (nSPS) is 10.5. The van der Waals surface area contributed by atoms with Crippen molar-refractivity contribution in [2.45, 2.75) is 19.9 Å². The summed E-state index contributed by atoms with van der Waals surface area (Å²) in [5.74, 6) is -0.0519. The van der Waals surface area contributed by atoms with Gasteiger partial charge in [0, 0.05) is 24.7 Å². The fourth-order valence-corrected chi connectivity index (χ4v) is 2.65. The molecule has 2 aromatic carbocycles. The lowest BCUT2D eigenvalue weighted by Crippen LogP contribution is -2.44. The summed E-state index contributed by atoms with van der Waals surface area (Å²) in [4.78, 5) is 23.7. The summed E-state index contributed by atoms with van der Waals surface area (Å²) in [5, 5.41) is 1.13. The molecule has 1 heterocycles. The van der Waals surface area contributed by atoms with Crippen molar-refractivity contribution in [3.05, 3.63) is 66.4 Å². The van der Waals surface area contributed by atoms with Crippen molar-refractivity contribution >= 4 is 22.7 Å². The van der Waals surface area contributed by atoms with Gasteiger partial charge in [0.1, 0.15) is 5.75 Å². The maximum Gasteiger partial charge on any atom is 0.276 e. The summed E-state index contributed by atoms with van der Waals surface area (Å²) in [7, 11) is 0. The Balaban J connectivity index is 1.40. The molecule has 0 saturated carbocycles. The van der Waals surface area contributed by atoms with E-state index in [1.54, 1.807) is 6.07 Å². The second kappa shape index (κ2) is 8.20. The number of fused-ring (bicyclic) bond motifs is 1. The van der Waals surface area contributed by atoms with Crippen LogP contribution in [0.15, 0.2) is 60.8 Å². The second-order valence-electron chi connectivity index (χ2n) is 6.02. The van der Waals surface area contributed by atoms with E-state index in [-0.39, 0.29) is 18.9 Å². The van der Waals surface area contributed by atoms with Gasteiger partial charge in [0.2, 0.25) is 5.91 Å². The third kappa shape index (κ3) is 4.63. The number of hydrogen-bond donors (Lipinski definition) is 2. The molecule has 0 aliphatic heterocycles. The van der Waals surface area contributed by atoms with Gasteiger partial charge in [-0.25, -0.2) is 0 Å². The molecule has 0 aliphatic carbocycles. The Kier molecular flexibility index (Phi) is 5.53. The largest absolute Gasteiger partial charge is 0.484 e. The molecule has 6 heteroatoms. The van der Waals surface area contributed by atoms with Crippen LogP contribution in [0, 0.1) is 6.92 Å². The van der Waals surface area contributed by atoms with Crippen LogP contribution in [0.1, 0.15) is 12.0 Å². The first-order valence-electron chi connectivity index (χ1n) is 8.43. The van der Waals surface area contributed by atoms with E-state index in [0.717, 1.165) is 16.5 Å². The number of rotatable bonds is 6. The maximum absolute atomic E-state index is 11.9. The van der Waals surface area contributed by atoms with Crippen LogP contribution in [0.4, 0.5) is 0 Å². The molecule has 0 radical (unpaired) electrons. The van der Waals surface area contributed by atoms with Crippen LogP contribution in [0.25, 0.3) is 10.9 Å². The Bertz CT molecular complexity index is 917. The van der Waals surface area contributed by atoms with Gasteiger partial charge in [0.15, 0.2) is 6.61 Å². The standard InChI is InChI=1S/C20H21N3O3/c1-15-5-4-7-17(13-15)26-14-20(25)22-21-19(24)10-12-23-11-9-16-6-2-3-8-18(16)23/h2-9,11,13H,10,12,14H2,1H3,(H,21,24)(H,22,25). The molecule has 3 rings (SSSR count). The van der Waals surface area contributed by atoms with Crippen LogP contribution in [0.3, 0.4) is 0 Å². The number of nitrogens with zero attached hydrogens (tertiary/aromatic N) is 1. The van der Waals surface area contributed by atoms with Crippen LogP contribution < -0.4 is 15.6 Å². The Morgan fingerprint density at radius 2 is 1.81 bits per heavy atom. The molecule has 0 bridgehead atoms. The minimum absolute atomic E-state index is 0.161. The lowest BCUT2D eigenvalue weighted by Gasteiger charge is -2.10. The zero-order valence-electron chi connectivity index (χ0n) is 14.6. The van der Waals surface area contributed by atoms with Gasteiger partial charge in [-0.1, -0.05) is 30.3 Å². The lowest BCUT2D eigenvalue weighted by atomic mass is 10.2. The Hall–Kier alpha value is -3.28. The van der Waals surface area contributed by atoms with Crippen LogP contribution in [0.5, 0.6) is 5.75 Å². The van der Waals surface area contributed by atoms with Crippen molar-refractivity contribution in [1.29, 1.82) is 0 Å². The van der Waals surface area contributed by atoms with Crippen molar-refractivity contribution in [2.75, 3.05) is 6.61 Å². The Morgan fingerprint density at radius 1 is 1.00 bits per heavy atom. The van der Waals surface area contributed by atoms with Crippen molar-refractivity contribution < 1.29 is 14.3 Å². The van der Waals surface area contributed by atoms with Crippen molar-refractivity contribution in [3.8, 4) is 5.75 Å². The molecule has 2 N–H and O–H groups in total. The fraction of sp³-hybridized carbons (Fsp3) is 0.200. The lowest BCUT2D eigenvalue weighted by molar-refractivity contribution is -0.130. The van der Waals surface area contributed by atoms with E-state index in [4.69, 9.17) is 4.74 Å². The molecule has 1 aromatic heterocycles. The molecule has 6 nitrogen and oxygen atoms in total. The van der Waals surface area contributed by atoms with E-state index in [1.807, 2.05) is 66.2 Å². The number of amides is 2. The minimum atomic E-state index is -0.411. The highest BCUT2D eigenvalue weighted by Crippen LogP contribution is 2.15. The molecule has 0 atom stereocenters. The van der Waals surface area contributed by atoms with Crippen LogP contribution in [-0.2, 0) is 16.1 Å². The number of carbonyl (C=O) groups is 2. The van der Waals surface area contributed by atoms with Gasteiger partial charge in [0.05, 0.1) is 0 Å². The topological polar surface area (TPSA) is 72.4 Å². The zero-order valence-corrected chi connectivity index (χ0v) is 14.6. The van der Waals surface area contributed by atoms with Crippen LogP contribution in [-0.4, -0.2) is 23.0 Å². The SMILES string of the molecule is Cc1cccc(OCC(=O)NNC(=O)CCn2ccc3ccccc32)c1. The highest BCUT2D eigenvalue weighted by atomic mass is 16.5. The first kappa shape index (κ1) is 17.5. The van der Waals surface area contributed by atoms with Gasteiger partial charge in [-0.05, 0) is 42.1 Å². The van der Waals surface area contributed by atoms with Crippen LogP contribution >= 0.6 is 0 Å². The number of para-hydroxylation sites is 1. The number of hydrazine groups is 1. The van der Waals surface area contributed by atoms with Crippen molar-refractivity contribution in [1.82, 2.24) is 15.4 Å². The highest BCUT2D eigenvalue weighted by molar-refractivity contribution is 5.83. The van der Waals surface area contributed by atoms with Gasteiger partial charge in [-0.3, -0.25) is 20.4 Å². The van der Waals surface area contributed by atoms with E-state index in [0.29, 0.717) is 12.3 Å². The molecule has 0 spiro atoms. The van der Waals surface area contributed by atoms with E-state index in [1.165, 1.54) is 0 Å². The molecule has 0 aliphatic rings. The maximum atomic E-state index is 11.9. The third-order valence-corrected chi connectivity index (χ3v) is 3.96.